The number of hydrogen-bond acceptors (Lipinski definition) is 4. The summed E-state index contributed by atoms with van der Waals surface area (Å²) < 4.78 is 34.0. The van der Waals surface area contributed by atoms with Crippen LogP contribution in [0.2, 0.25) is 5.02 Å². The number of benzene rings is 2. The van der Waals surface area contributed by atoms with Crippen molar-refractivity contribution >= 4 is 21.6 Å². The Labute approximate surface area is 166 Å². The smallest absolute Gasteiger partial charge is 0.240 e. The van der Waals surface area contributed by atoms with Crippen molar-refractivity contribution in [3.05, 3.63) is 64.2 Å². The fourth-order valence-corrected chi connectivity index (χ4v) is 4.89. The standard InChI is InChI=1S/C20H25ClN2O3S/c1-15-6-7-20(16(2)12-15)27(24,25)22-14-19(23-8-10-26-11-9-23)17-4-3-5-18(21)13-17/h3-7,12-13,19,22H,8-11,14H2,1-2H3. The average Bonchev–Trinajstić information content (AvgIpc) is 2.62. The predicted octanol–water partition coefficient (Wildman–Crippen LogP) is 3.31. The molecular formula is C20H25ClN2O3S. The van der Waals surface area contributed by atoms with E-state index in [1.807, 2.05) is 50.2 Å². The first-order chi connectivity index (χ1) is 12.9. The van der Waals surface area contributed by atoms with E-state index in [0.717, 1.165) is 29.8 Å². The first-order valence-corrected chi connectivity index (χ1v) is 10.9. The van der Waals surface area contributed by atoms with Crippen LogP contribution in [0.15, 0.2) is 47.4 Å². The van der Waals surface area contributed by atoms with E-state index >= 15 is 0 Å². The number of nitrogens with zero attached hydrogens (tertiary/aromatic N) is 1. The van der Waals surface area contributed by atoms with Crippen molar-refractivity contribution in [3.8, 4) is 0 Å². The van der Waals surface area contributed by atoms with Crippen LogP contribution >= 0.6 is 11.6 Å². The largest absolute Gasteiger partial charge is 0.379 e. The van der Waals surface area contributed by atoms with Gasteiger partial charge >= 0.3 is 0 Å². The highest BCUT2D eigenvalue weighted by molar-refractivity contribution is 7.89. The van der Waals surface area contributed by atoms with Crippen molar-refractivity contribution in [2.45, 2.75) is 24.8 Å². The van der Waals surface area contributed by atoms with Gasteiger partial charge in [-0.1, -0.05) is 41.4 Å². The number of halogens is 1. The lowest BCUT2D eigenvalue weighted by molar-refractivity contribution is 0.0172. The molecule has 1 unspecified atom stereocenters. The average molecular weight is 409 g/mol. The Morgan fingerprint density at radius 2 is 1.89 bits per heavy atom. The number of ether oxygens (including phenoxy) is 1. The number of morpholine rings is 1. The molecule has 1 aliphatic heterocycles. The minimum atomic E-state index is -3.60. The van der Waals surface area contributed by atoms with E-state index in [1.165, 1.54) is 0 Å². The monoisotopic (exact) mass is 408 g/mol. The third-order valence-electron chi connectivity index (χ3n) is 4.81. The molecule has 7 heteroatoms. The molecule has 1 aliphatic rings. The summed E-state index contributed by atoms with van der Waals surface area (Å²) >= 11 is 6.17. The maximum Gasteiger partial charge on any atom is 0.240 e. The van der Waals surface area contributed by atoms with Gasteiger partial charge in [-0.2, -0.15) is 0 Å². The Morgan fingerprint density at radius 3 is 2.56 bits per heavy atom. The first-order valence-electron chi connectivity index (χ1n) is 9.01. The lowest BCUT2D eigenvalue weighted by atomic mass is 10.1. The molecule has 2 aromatic rings. The lowest BCUT2D eigenvalue weighted by Crippen LogP contribution is -2.43. The summed E-state index contributed by atoms with van der Waals surface area (Å²) in [6.07, 6.45) is 0. The summed E-state index contributed by atoms with van der Waals surface area (Å²) in [6, 6.07) is 12.8. The SMILES string of the molecule is Cc1ccc(S(=O)(=O)NCC(c2cccc(Cl)c2)N2CCOCC2)c(C)c1. The molecule has 2 aromatic carbocycles. The number of aryl methyl sites for hydroxylation is 2. The molecule has 0 radical (unpaired) electrons. The van der Waals surface area contributed by atoms with Gasteiger partial charge in [-0.15, -0.1) is 0 Å². The van der Waals surface area contributed by atoms with Gasteiger partial charge in [-0.25, -0.2) is 13.1 Å². The van der Waals surface area contributed by atoms with Gasteiger partial charge < -0.3 is 4.74 Å². The van der Waals surface area contributed by atoms with E-state index in [0.29, 0.717) is 23.1 Å². The molecule has 146 valence electrons. The van der Waals surface area contributed by atoms with E-state index in [-0.39, 0.29) is 12.6 Å². The summed E-state index contributed by atoms with van der Waals surface area (Å²) in [6.45, 7) is 6.82. The molecule has 1 fully saturated rings. The lowest BCUT2D eigenvalue weighted by Gasteiger charge is -2.35. The second kappa shape index (κ2) is 8.71. The summed E-state index contributed by atoms with van der Waals surface area (Å²) in [5.74, 6) is 0. The highest BCUT2D eigenvalue weighted by Crippen LogP contribution is 2.25. The van der Waals surface area contributed by atoms with Gasteiger partial charge in [0.25, 0.3) is 0 Å². The van der Waals surface area contributed by atoms with Gasteiger partial charge in [0, 0.05) is 30.7 Å². The Hall–Kier alpha value is -1.44. The van der Waals surface area contributed by atoms with E-state index in [4.69, 9.17) is 16.3 Å². The minimum absolute atomic E-state index is 0.104. The molecule has 5 nitrogen and oxygen atoms in total. The Kier molecular flexibility index (Phi) is 6.55. The fourth-order valence-electron chi connectivity index (χ4n) is 3.43. The quantitative estimate of drug-likeness (QED) is 0.796. The molecule has 0 aliphatic carbocycles. The fraction of sp³-hybridized carbons (Fsp3) is 0.400. The van der Waals surface area contributed by atoms with Crippen molar-refractivity contribution in [3.63, 3.8) is 0 Å². The van der Waals surface area contributed by atoms with Gasteiger partial charge in [0.15, 0.2) is 0 Å². The maximum absolute atomic E-state index is 12.9. The van der Waals surface area contributed by atoms with E-state index < -0.39 is 10.0 Å². The summed E-state index contributed by atoms with van der Waals surface area (Å²) in [5.41, 5.74) is 2.78. The number of sulfonamides is 1. The summed E-state index contributed by atoms with van der Waals surface area (Å²) in [5, 5.41) is 0.642. The van der Waals surface area contributed by atoms with Gasteiger partial charge in [0.05, 0.1) is 18.1 Å². The molecule has 3 rings (SSSR count). The Balaban J connectivity index is 1.83. The predicted molar refractivity (Wildman–Crippen MR) is 108 cm³/mol. The highest BCUT2D eigenvalue weighted by atomic mass is 35.5. The van der Waals surface area contributed by atoms with Crippen LogP contribution in [0.25, 0.3) is 0 Å². The molecule has 0 spiro atoms. The van der Waals surface area contributed by atoms with E-state index in [2.05, 4.69) is 9.62 Å². The summed E-state index contributed by atoms with van der Waals surface area (Å²) in [4.78, 5) is 2.56. The molecule has 1 saturated heterocycles. The number of hydrogen-bond donors (Lipinski definition) is 1. The zero-order valence-electron chi connectivity index (χ0n) is 15.6. The minimum Gasteiger partial charge on any atom is -0.379 e. The highest BCUT2D eigenvalue weighted by Gasteiger charge is 2.25. The van der Waals surface area contributed by atoms with Crippen LogP contribution in [-0.4, -0.2) is 46.2 Å². The molecule has 0 aromatic heterocycles. The molecular weight excluding hydrogens is 384 g/mol. The van der Waals surface area contributed by atoms with Gasteiger partial charge in [-0.3, -0.25) is 4.90 Å². The van der Waals surface area contributed by atoms with Gasteiger partial charge in [0.2, 0.25) is 10.0 Å². The van der Waals surface area contributed by atoms with Crippen LogP contribution in [0, 0.1) is 13.8 Å². The van der Waals surface area contributed by atoms with Crippen molar-refractivity contribution in [2.24, 2.45) is 0 Å². The molecule has 1 heterocycles. The number of nitrogens with one attached hydrogen (secondary N) is 1. The first kappa shape index (κ1) is 20.3. The van der Waals surface area contributed by atoms with Crippen molar-refractivity contribution in [1.29, 1.82) is 0 Å². The number of rotatable bonds is 6. The summed E-state index contributed by atoms with van der Waals surface area (Å²) in [7, 11) is -3.60. The van der Waals surface area contributed by atoms with Crippen molar-refractivity contribution < 1.29 is 13.2 Å². The molecule has 0 saturated carbocycles. The van der Waals surface area contributed by atoms with Crippen LogP contribution < -0.4 is 4.72 Å². The molecule has 1 atom stereocenters. The Bertz CT molecular complexity index is 896. The van der Waals surface area contributed by atoms with Crippen LogP contribution in [0.5, 0.6) is 0 Å². The van der Waals surface area contributed by atoms with Crippen molar-refractivity contribution in [2.75, 3.05) is 32.8 Å². The maximum atomic E-state index is 12.9. The second-order valence-electron chi connectivity index (χ2n) is 6.84. The van der Waals surface area contributed by atoms with Crippen molar-refractivity contribution in [1.82, 2.24) is 9.62 Å². The molecule has 0 bridgehead atoms. The van der Waals surface area contributed by atoms with Gasteiger partial charge in [-0.05, 0) is 43.2 Å². The zero-order chi connectivity index (χ0) is 19.4. The van der Waals surface area contributed by atoms with Crippen LogP contribution in [0.4, 0.5) is 0 Å². The third kappa shape index (κ3) is 5.09. The normalized spacial score (nSPS) is 17.0. The van der Waals surface area contributed by atoms with Crippen LogP contribution in [-0.2, 0) is 14.8 Å². The Morgan fingerprint density at radius 1 is 1.15 bits per heavy atom. The zero-order valence-corrected chi connectivity index (χ0v) is 17.2. The topological polar surface area (TPSA) is 58.6 Å². The third-order valence-corrected chi connectivity index (χ3v) is 6.63. The van der Waals surface area contributed by atoms with Crippen LogP contribution in [0.3, 0.4) is 0 Å². The molecule has 0 amide bonds. The van der Waals surface area contributed by atoms with Crippen LogP contribution in [0.1, 0.15) is 22.7 Å². The van der Waals surface area contributed by atoms with E-state index in [9.17, 15) is 8.42 Å². The van der Waals surface area contributed by atoms with E-state index in [1.54, 1.807) is 6.07 Å². The second-order valence-corrected chi connectivity index (χ2v) is 9.01. The molecule has 1 N–H and O–H groups in total. The molecule has 27 heavy (non-hydrogen) atoms. The van der Waals surface area contributed by atoms with Gasteiger partial charge in [0.1, 0.15) is 0 Å².